The average Bonchev–Trinajstić information content (AvgIpc) is 3.59. The van der Waals surface area contributed by atoms with E-state index in [1.54, 1.807) is 6.20 Å². The third-order valence-corrected chi connectivity index (χ3v) is 6.83. The molecule has 0 aliphatic heterocycles. The Bertz CT molecular complexity index is 1400. The zero-order valence-corrected chi connectivity index (χ0v) is 19.9. The molecule has 0 radical (unpaired) electrons. The predicted octanol–water partition coefficient (Wildman–Crippen LogP) is 5.44. The molecule has 0 saturated heterocycles. The average molecular weight is 483 g/mol. The van der Waals surface area contributed by atoms with E-state index >= 15 is 0 Å². The Morgan fingerprint density at radius 1 is 1.03 bits per heavy atom. The van der Waals surface area contributed by atoms with E-state index in [0.717, 1.165) is 33.3 Å². The van der Waals surface area contributed by atoms with Gasteiger partial charge in [-0.2, -0.15) is 0 Å². The number of H-pyrrole nitrogens is 1. The number of aromatic amines is 1. The SMILES string of the molecule is NCC(Cc1ccccc1)N(OCc1ccccc1)C(=O)c1cc(-c2ccnc3[nH]ccc23)cs1. The van der Waals surface area contributed by atoms with Gasteiger partial charge in [0.05, 0.1) is 10.9 Å². The Balaban J connectivity index is 1.43. The second-order valence-electron chi connectivity index (χ2n) is 8.27. The van der Waals surface area contributed by atoms with Gasteiger partial charge in [-0.1, -0.05) is 60.7 Å². The van der Waals surface area contributed by atoms with Crippen molar-refractivity contribution in [3.05, 3.63) is 113 Å². The van der Waals surface area contributed by atoms with Crippen LogP contribution in [0.3, 0.4) is 0 Å². The number of fused-ring (bicyclic) bond motifs is 1. The van der Waals surface area contributed by atoms with Crippen LogP contribution in [0.25, 0.3) is 22.2 Å². The van der Waals surface area contributed by atoms with Gasteiger partial charge in [-0.25, -0.2) is 10.0 Å². The van der Waals surface area contributed by atoms with Crippen LogP contribution in [0.2, 0.25) is 0 Å². The molecule has 0 spiro atoms. The van der Waals surface area contributed by atoms with Gasteiger partial charge in [0, 0.05) is 24.3 Å². The Morgan fingerprint density at radius 2 is 1.77 bits per heavy atom. The molecule has 176 valence electrons. The first-order valence-corrected chi connectivity index (χ1v) is 12.4. The number of benzene rings is 2. The second kappa shape index (κ2) is 10.7. The van der Waals surface area contributed by atoms with Crippen molar-refractivity contribution in [2.45, 2.75) is 19.1 Å². The van der Waals surface area contributed by atoms with Crippen molar-refractivity contribution < 1.29 is 9.63 Å². The van der Waals surface area contributed by atoms with Gasteiger partial charge in [0.25, 0.3) is 5.91 Å². The van der Waals surface area contributed by atoms with Crippen molar-refractivity contribution in [2.75, 3.05) is 6.54 Å². The van der Waals surface area contributed by atoms with Gasteiger partial charge in [-0.3, -0.25) is 9.63 Å². The normalized spacial score (nSPS) is 12.0. The molecule has 5 rings (SSSR count). The molecule has 0 aliphatic rings. The zero-order valence-electron chi connectivity index (χ0n) is 19.1. The Hall–Kier alpha value is -3.78. The summed E-state index contributed by atoms with van der Waals surface area (Å²) in [5.74, 6) is -0.192. The number of nitrogens with zero attached hydrogens (tertiary/aromatic N) is 2. The summed E-state index contributed by atoms with van der Waals surface area (Å²) in [5.41, 5.74) is 11.1. The van der Waals surface area contributed by atoms with E-state index in [2.05, 4.69) is 9.97 Å². The number of hydroxylamine groups is 2. The van der Waals surface area contributed by atoms with E-state index in [9.17, 15) is 4.79 Å². The molecule has 0 saturated carbocycles. The Morgan fingerprint density at radius 3 is 2.51 bits per heavy atom. The standard InChI is InChI=1S/C28H26N4O2S/c29-17-23(15-20-7-3-1-4-8-20)32(34-18-21-9-5-2-6-10-21)28(33)26-16-22(19-35-26)24-11-13-30-27-25(24)12-14-31-27/h1-14,16,19,23H,15,17-18,29H2,(H,30,31). The summed E-state index contributed by atoms with van der Waals surface area (Å²) in [5, 5.41) is 4.48. The van der Waals surface area contributed by atoms with Gasteiger partial charge in [0.15, 0.2) is 0 Å². The molecule has 6 nitrogen and oxygen atoms in total. The molecule has 0 fully saturated rings. The first-order chi connectivity index (χ1) is 17.2. The molecule has 5 aromatic rings. The highest BCUT2D eigenvalue weighted by atomic mass is 32.1. The lowest BCUT2D eigenvalue weighted by Crippen LogP contribution is -2.45. The Kier molecular flexibility index (Phi) is 6.99. The summed E-state index contributed by atoms with van der Waals surface area (Å²) in [6, 6.07) is 25.4. The topological polar surface area (TPSA) is 84.2 Å². The van der Waals surface area contributed by atoms with Gasteiger partial charge in [-0.05, 0) is 52.3 Å². The molecule has 3 aromatic heterocycles. The number of carbonyl (C=O) groups is 1. The van der Waals surface area contributed by atoms with Crippen LogP contribution in [0, 0.1) is 0 Å². The zero-order chi connectivity index (χ0) is 24.0. The number of carbonyl (C=O) groups excluding carboxylic acids is 1. The minimum Gasteiger partial charge on any atom is -0.346 e. The minimum atomic E-state index is -0.309. The molecule has 3 N–H and O–H groups in total. The van der Waals surface area contributed by atoms with Crippen molar-refractivity contribution in [1.82, 2.24) is 15.0 Å². The molecular formula is C28H26N4O2S. The van der Waals surface area contributed by atoms with Gasteiger partial charge in [-0.15, -0.1) is 11.3 Å². The van der Waals surface area contributed by atoms with Crippen LogP contribution in [-0.2, 0) is 17.9 Å². The fourth-order valence-electron chi connectivity index (χ4n) is 4.11. The highest BCUT2D eigenvalue weighted by Gasteiger charge is 2.27. The first kappa shape index (κ1) is 23.0. The first-order valence-electron chi connectivity index (χ1n) is 11.5. The maximum Gasteiger partial charge on any atom is 0.287 e. The molecule has 3 heterocycles. The van der Waals surface area contributed by atoms with Crippen molar-refractivity contribution in [1.29, 1.82) is 0 Å². The molecule has 0 bridgehead atoms. The molecule has 1 amide bonds. The van der Waals surface area contributed by atoms with Crippen LogP contribution >= 0.6 is 11.3 Å². The summed E-state index contributed by atoms with van der Waals surface area (Å²) >= 11 is 1.41. The Labute approximate surface area is 208 Å². The highest BCUT2D eigenvalue weighted by molar-refractivity contribution is 7.12. The largest absolute Gasteiger partial charge is 0.346 e. The number of pyridine rings is 1. The third kappa shape index (κ3) is 5.17. The van der Waals surface area contributed by atoms with E-state index in [0.29, 0.717) is 11.3 Å². The highest BCUT2D eigenvalue weighted by Crippen LogP contribution is 2.31. The fraction of sp³-hybridized carbons (Fsp3) is 0.143. The molecule has 7 heteroatoms. The lowest BCUT2D eigenvalue weighted by molar-refractivity contribution is -0.156. The molecule has 0 aliphatic carbocycles. The lowest BCUT2D eigenvalue weighted by atomic mass is 10.1. The van der Waals surface area contributed by atoms with Crippen LogP contribution in [-0.4, -0.2) is 33.5 Å². The van der Waals surface area contributed by atoms with E-state index in [-0.39, 0.29) is 25.1 Å². The summed E-state index contributed by atoms with van der Waals surface area (Å²) in [4.78, 5) is 28.0. The third-order valence-electron chi connectivity index (χ3n) is 5.91. The second-order valence-corrected chi connectivity index (χ2v) is 9.18. The van der Waals surface area contributed by atoms with Crippen LogP contribution in [0.15, 0.2) is 96.6 Å². The predicted molar refractivity (Wildman–Crippen MR) is 140 cm³/mol. The number of thiophene rings is 1. The van der Waals surface area contributed by atoms with E-state index in [1.165, 1.54) is 16.4 Å². The van der Waals surface area contributed by atoms with Crippen molar-refractivity contribution in [3.63, 3.8) is 0 Å². The number of aromatic nitrogens is 2. The summed E-state index contributed by atoms with van der Waals surface area (Å²) < 4.78 is 0. The number of hydrogen-bond donors (Lipinski definition) is 2. The smallest absolute Gasteiger partial charge is 0.287 e. The van der Waals surface area contributed by atoms with Gasteiger partial charge >= 0.3 is 0 Å². The van der Waals surface area contributed by atoms with Crippen molar-refractivity contribution in [2.24, 2.45) is 5.73 Å². The number of amides is 1. The molecule has 1 atom stereocenters. The summed E-state index contributed by atoms with van der Waals surface area (Å²) in [7, 11) is 0. The maximum absolute atomic E-state index is 13.8. The van der Waals surface area contributed by atoms with E-state index < -0.39 is 0 Å². The summed E-state index contributed by atoms with van der Waals surface area (Å²) in [6.07, 6.45) is 4.24. The number of nitrogens with one attached hydrogen (secondary N) is 1. The molecular weight excluding hydrogens is 456 g/mol. The fourth-order valence-corrected chi connectivity index (χ4v) is 4.94. The lowest BCUT2D eigenvalue weighted by Gasteiger charge is -2.29. The van der Waals surface area contributed by atoms with Crippen molar-refractivity contribution >= 4 is 28.3 Å². The maximum atomic E-state index is 13.8. The van der Waals surface area contributed by atoms with Crippen LogP contribution < -0.4 is 5.73 Å². The van der Waals surface area contributed by atoms with Crippen LogP contribution in [0.5, 0.6) is 0 Å². The van der Waals surface area contributed by atoms with Crippen LogP contribution in [0.4, 0.5) is 0 Å². The quantitative estimate of drug-likeness (QED) is 0.274. The van der Waals surface area contributed by atoms with Crippen LogP contribution in [0.1, 0.15) is 20.8 Å². The summed E-state index contributed by atoms with van der Waals surface area (Å²) in [6.45, 7) is 0.562. The molecule has 2 aromatic carbocycles. The van der Waals surface area contributed by atoms with E-state index in [4.69, 9.17) is 10.6 Å². The number of nitrogens with two attached hydrogens (primary N) is 1. The van der Waals surface area contributed by atoms with Crippen molar-refractivity contribution in [3.8, 4) is 11.1 Å². The molecule has 1 unspecified atom stereocenters. The van der Waals surface area contributed by atoms with E-state index in [1.807, 2.05) is 90.4 Å². The number of hydrogen-bond acceptors (Lipinski definition) is 5. The minimum absolute atomic E-state index is 0.192. The molecule has 35 heavy (non-hydrogen) atoms. The van der Waals surface area contributed by atoms with Gasteiger partial charge in [0.1, 0.15) is 12.3 Å². The van der Waals surface area contributed by atoms with Gasteiger partial charge < -0.3 is 10.7 Å². The number of rotatable bonds is 9. The van der Waals surface area contributed by atoms with Gasteiger partial charge in [0.2, 0.25) is 0 Å². The monoisotopic (exact) mass is 482 g/mol.